The molecule has 66 valence electrons. The highest BCUT2D eigenvalue weighted by molar-refractivity contribution is 6.32. The zero-order chi connectivity index (χ0) is 9.14. The second-order valence-electron chi connectivity index (χ2n) is 2.43. The van der Waals surface area contributed by atoms with Gasteiger partial charge in [0.15, 0.2) is 5.82 Å². The number of halogens is 1. The van der Waals surface area contributed by atoms with Gasteiger partial charge in [-0.15, -0.1) is 11.6 Å². The lowest BCUT2D eigenvalue weighted by Crippen LogP contribution is -2.20. The van der Waals surface area contributed by atoms with Gasteiger partial charge in [-0.25, -0.2) is 0 Å². The number of alkyl halides is 1. The van der Waals surface area contributed by atoms with Crippen molar-refractivity contribution in [3.05, 3.63) is 11.8 Å². The summed E-state index contributed by atoms with van der Waals surface area (Å²) in [6.45, 7) is 3.33. The van der Waals surface area contributed by atoms with Crippen molar-refractivity contribution in [1.82, 2.24) is 5.16 Å². The van der Waals surface area contributed by atoms with E-state index in [1.807, 2.05) is 0 Å². The summed E-state index contributed by atoms with van der Waals surface area (Å²) in [5.41, 5.74) is 0. The number of nitrogens with one attached hydrogen (secondary N) is 1. The Bertz CT molecular complexity index is 283. The van der Waals surface area contributed by atoms with E-state index in [4.69, 9.17) is 16.1 Å². The van der Waals surface area contributed by atoms with Crippen molar-refractivity contribution >= 4 is 23.3 Å². The van der Waals surface area contributed by atoms with Gasteiger partial charge in [0.25, 0.3) is 0 Å². The van der Waals surface area contributed by atoms with Crippen molar-refractivity contribution < 1.29 is 9.32 Å². The minimum Gasteiger partial charge on any atom is -0.360 e. The van der Waals surface area contributed by atoms with E-state index in [-0.39, 0.29) is 5.91 Å². The number of aryl methyl sites for hydroxylation is 1. The van der Waals surface area contributed by atoms with Crippen LogP contribution in [0.5, 0.6) is 0 Å². The molecule has 1 aromatic heterocycles. The molecule has 1 rings (SSSR count). The summed E-state index contributed by atoms with van der Waals surface area (Å²) >= 11 is 5.51. The Kier molecular flexibility index (Phi) is 2.70. The molecule has 0 saturated carbocycles. The minimum absolute atomic E-state index is 0.287. The second kappa shape index (κ2) is 3.58. The molecule has 0 aliphatic heterocycles. The van der Waals surface area contributed by atoms with Crippen molar-refractivity contribution in [3.8, 4) is 0 Å². The molecule has 0 saturated heterocycles. The predicted octanol–water partition coefficient (Wildman–Crippen LogP) is 1.55. The van der Waals surface area contributed by atoms with E-state index in [1.165, 1.54) is 0 Å². The molecule has 0 spiro atoms. The van der Waals surface area contributed by atoms with Crippen LogP contribution in [0.1, 0.15) is 12.7 Å². The lowest BCUT2D eigenvalue weighted by Gasteiger charge is -2.00. The van der Waals surface area contributed by atoms with Gasteiger partial charge in [0.05, 0.1) is 0 Å². The van der Waals surface area contributed by atoms with Crippen molar-refractivity contribution in [3.63, 3.8) is 0 Å². The highest BCUT2D eigenvalue weighted by Crippen LogP contribution is 2.08. The van der Waals surface area contributed by atoms with Gasteiger partial charge in [0.2, 0.25) is 5.91 Å². The predicted molar refractivity (Wildman–Crippen MR) is 45.2 cm³/mol. The smallest absolute Gasteiger partial charge is 0.243 e. The summed E-state index contributed by atoms with van der Waals surface area (Å²) in [5, 5.41) is 5.49. The summed E-state index contributed by atoms with van der Waals surface area (Å²) in [7, 11) is 0. The van der Waals surface area contributed by atoms with Crippen LogP contribution in [0.4, 0.5) is 5.82 Å². The maximum Gasteiger partial charge on any atom is 0.243 e. The first-order chi connectivity index (χ1) is 5.59. The molecule has 0 fully saturated rings. The molecule has 0 radical (unpaired) electrons. The van der Waals surface area contributed by atoms with Crippen LogP contribution in [0.2, 0.25) is 0 Å². The summed E-state index contributed by atoms with van der Waals surface area (Å²) < 4.78 is 4.74. The second-order valence-corrected chi connectivity index (χ2v) is 3.08. The van der Waals surface area contributed by atoms with Gasteiger partial charge < -0.3 is 9.84 Å². The van der Waals surface area contributed by atoms with Crippen LogP contribution in [0.15, 0.2) is 10.6 Å². The van der Waals surface area contributed by atoms with E-state index in [0.29, 0.717) is 11.6 Å². The molecule has 0 aromatic carbocycles. The topological polar surface area (TPSA) is 55.1 Å². The average molecular weight is 189 g/mol. The van der Waals surface area contributed by atoms with E-state index in [0.717, 1.165) is 0 Å². The monoisotopic (exact) mass is 188 g/mol. The number of hydrogen-bond acceptors (Lipinski definition) is 3. The van der Waals surface area contributed by atoms with Crippen molar-refractivity contribution in [2.75, 3.05) is 5.32 Å². The quantitative estimate of drug-likeness (QED) is 0.717. The average Bonchev–Trinajstić information content (AvgIpc) is 2.35. The van der Waals surface area contributed by atoms with Crippen LogP contribution in [-0.2, 0) is 4.79 Å². The Morgan fingerprint density at radius 1 is 1.83 bits per heavy atom. The first-order valence-corrected chi connectivity index (χ1v) is 3.91. The van der Waals surface area contributed by atoms with Crippen molar-refractivity contribution in [2.24, 2.45) is 0 Å². The highest BCUT2D eigenvalue weighted by atomic mass is 35.5. The van der Waals surface area contributed by atoms with Crippen LogP contribution in [-0.4, -0.2) is 16.4 Å². The normalized spacial score (nSPS) is 12.6. The van der Waals surface area contributed by atoms with Crippen molar-refractivity contribution in [2.45, 2.75) is 19.2 Å². The van der Waals surface area contributed by atoms with Gasteiger partial charge in [0, 0.05) is 6.07 Å². The van der Waals surface area contributed by atoms with Crippen LogP contribution in [0.3, 0.4) is 0 Å². The minimum atomic E-state index is -0.568. The summed E-state index contributed by atoms with van der Waals surface area (Å²) in [4.78, 5) is 11.0. The van der Waals surface area contributed by atoms with E-state index in [1.54, 1.807) is 19.9 Å². The van der Waals surface area contributed by atoms with Crippen LogP contribution >= 0.6 is 11.6 Å². The number of anilines is 1. The molecular weight excluding hydrogens is 180 g/mol. The number of carbonyl (C=O) groups excluding carboxylic acids is 1. The van der Waals surface area contributed by atoms with Gasteiger partial charge >= 0.3 is 0 Å². The van der Waals surface area contributed by atoms with E-state index < -0.39 is 5.38 Å². The lowest BCUT2D eigenvalue weighted by molar-refractivity contribution is -0.115. The molecule has 1 heterocycles. The molecular formula is C7H9ClN2O2. The molecule has 0 aliphatic rings. The number of rotatable bonds is 2. The van der Waals surface area contributed by atoms with E-state index in [2.05, 4.69) is 10.5 Å². The van der Waals surface area contributed by atoms with Gasteiger partial charge in [-0.05, 0) is 13.8 Å². The lowest BCUT2D eigenvalue weighted by atomic mass is 10.4. The number of nitrogens with zero attached hydrogens (tertiary/aromatic N) is 1. The molecule has 0 bridgehead atoms. The highest BCUT2D eigenvalue weighted by Gasteiger charge is 2.10. The maximum atomic E-state index is 11.0. The van der Waals surface area contributed by atoms with Crippen molar-refractivity contribution in [1.29, 1.82) is 0 Å². The van der Waals surface area contributed by atoms with Crippen LogP contribution in [0.25, 0.3) is 0 Å². The molecule has 0 unspecified atom stereocenters. The first-order valence-electron chi connectivity index (χ1n) is 3.48. The first kappa shape index (κ1) is 9.06. The fourth-order valence-corrected chi connectivity index (χ4v) is 0.706. The van der Waals surface area contributed by atoms with E-state index >= 15 is 0 Å². The Morgan fingerprint density at radius 3 is 2.92 bits per heavy atom. The zero-order valence-electron chi connectivity index (χ0n) is 6.80. The largest absolute Gasteiger partial charge is 0.360 e. The summed E-state index contributed by atoms with van der Waals surface area (Å²) in [5.74, 6) is 0.752. The van der Waals surface area contributed by atoms with Crippen LogP contribution < -0.4 is 5.32 Å². The molecule has 1 atom stereocenters. The third-order valence-electron chi connectivity index (χ3n) is 1.24. The number of hydrogen-bond donors (Lipinski definition) is 1. The Labute approximate surface area is 74.9 Å². The Balaban J connectivity index is 2.58. The van der Waals surface area contributed by atoms with Gasteiger partial charge in [-0.3, -0.25) is 4.79 Å². The SMILES string of the molecule is Cc1cc(NC(=O)[C@@H](C)Cl)no1. The molecule has 1 amide bonds. The maximum absolute atomic E-state index is 11.0. The Morgan fingerprint density at radius 2 is 2.50 bits per heavy atom. The van der Waals surface area contributed by atoms with E-state index in [9.17, 15) is 4.79 Å². The molecule has 12 heavy (non-hydrogen) atoms. The third-order valence-corrected chi connectivity index (χ3v) is 1.44. The molecule has 1 aromatic rings. The van der Waals surface area contributed by atoms with Gasteiger partial charge in [-0.1, -0.05) is 5.16 Å². The summed E-state index contributed by atoms with van der Waals surface area (Å²) in [6, 6.07) is 1.62. The number of carbonyl (C=O) groups is 1. The molecule has 0 aliphatic carbocycles. The molecule has 1 N–H and O–H groups in total. The molecule has 4 nitrogen and oxygen atoms in total. The standard InChI is InChI=1S/C7H9ClN2O2/c1-4-3-6(10-12-4)9-7(11)5(2)8/h3,5H,1-2H3,(H,9,10,11)/t5-/m1/s1. The number of amides is 1. The third kappa shape index (κ3) is 2.23. The number of aromatic nitrogens is 1. The molecule has 5 heteroatoms. The van der Waals surface area contributed by atoms with Crippen LogP contribution in [0, 0.1) is 6.92 Å². The fraction of sp³-hybridized carbons (Fsp3) is 0.429. The van der Waals surface area contributed by atoms with Gasteiger partial charge in [0.1, 0.15) is 11.1 Å². The summed E-state index contributed by atoms with van der Waals surface area (Å²) in [6.07, 6.45) is 0. The van der Waals surface area contributed by atoms with Gasteiger partial charge in [-0.2, -0.15) is 0 Å². The zero-order valence-corrected chi connectivity index (χ0v) is 7.55. The Hall–Kier alpha value is -1.03. The fourth-order valence-electron chi connectivity index (χ4n) is 0.651.